The van der Waals surface area contributed by atoms with Gasteiger partial charge in [-0.2, -0.15) is 0 Å². The van der Waals surface area contributed by atoms with Crippen molar-refractivity contribution < 1.29 is 13.5 Å². The molecule has 0 radical (unpaired) electrons. The van der Waals surface area contributed by atoms with E-state index in [1.54, 1.807) is 17.8 Å². The molecule has 0 aromatic heterocycles. The first-order valence-electron chi connectivity index (χ1n) is 7.01. The van der Waals surface area contributed by atoms with Crippen molar-refractivity contribution in [2.45, 2.75) is 42.7 Å². The molecule has 0 aliphatic carbocycles. The highest BCUT2D eigenvalue weighted by atomic mass is 32.2. The first kappa shape index (κ1) is 18.3. The lowest BCUT2D eigenvalue weighted by Gasteiger charge is -2.20. The predicted octanol–water partition coefficient (Wildman–Crippen LogP) is 3.28. The highest BCUT2D eigenvalue weighted by molar-refractivity contribution is 8.01. The van der Waals surface area contributed by atoms with Crippen molar-refractivity contribution in [3.63, 3.8) is 0 Å². The second-order valence-corrected chi connectivity index (χ2v) is 9.44. The van der Waals surface area contributed by atoms with Crippen molar-refractivity contribution in [3.8, 4) is 5.75 Å². The molecule has 1 N–H and O–H groups in total. The maximum atomic E-state index is 11.6. The molecule has 1 aliphatic rings. The number of phenols is 1. The smallest absolute Gasteiger partial charge is 0.175 e. The number of rotatable bonds is 2. The van der Waals surface area contributed by atoms with E-state index in [0.717, 1.165) is 6.54 Å². The molecule has 4 nitrogen and oxygen atoms in total. The van der Waals surface area contributed by atoms with Gasteiger partial charge in [-0.1, -0.05) is 13.8 Å². The summed E-state index contributed by atoms with van der Waals surface area (Å²) in [6, 6.07) is 4.49. The zero-order valence-electron chi connectivity index (χ0n) is 13.5. The number of sulfone groups is 1. The van der Waals surface area contributed by atoms with Crippen molar-refractivity contribution in [1.82, 2.24) is 4.90 Å². The Balaban J connectivity index is 0.00000106. The van der Waals surface area contributed by atoms with Gasteiger partial charge in [0, 0.05) is 23.1 Å². The van der Waals surface area contributed by atoms with Gasteiger partial charge < -0.3 is 5.11 Å². The second kappa shape index (κ2) is 6.58. The Morgan fingerprint density at radius 2 is 1.90 bits per heavy atom. The second-order valence-electron chi connectivity index (χ2n) is 5.64. The minimum absolute atomic E-state index is 0.0169. The third kappa shape index (κ3) is 4.37. The van der Waals surface area contributed by atoms with Crippen LogP contribution >= 0.6 is 11.8 Å². The van der Waals surface area contributed by atoms with Crippen LogP contribution in [0.4, 0.5) is 0 Å². The highest BCUT2D eigenvalue weighted by Crippen LogP contribution is 2.49. The zero-order chi connectivity index (χ0) is 16.4. The van der Waals surface area contributed by atoms with Crippen LogP contribution in [-0.2, 0) is 9.84 Å². The number of hydrogen-bond donors (Lipinski definition) is 1. The van der Waals surface area contributed by atoms with Crippen molar-refractivity contribution in [1.29, 1.82) is 0 Å². The number of aromatic hydroxyl groups is 1. The van der Waals surface area contributed by atoms with Gasteiger partial charge in [0.1, 0.15) is 5.75 Å². The van der Waals surface area contributed by atoms with Crippen LogP contribution in [0, 0.1) is 0 Å². The lowest BCUT2D eigenvalue weighted by molar-refractivity contribution is 0.319. The summed E-state index contributed by atoms with van der Waals surface area (Å²) >= 11 is 1.73. The maximum absolute atomic E-state index is 11.6. The Morgan fingerprint density at radius 3 is 2.33 bits per heavy atom. The average Bonchev–Trinajstić information content (AvgIpc) is 2.64. The monoisotopic (exact) mass is 331 g/mol. The van der Waals surface area contributed by atoms with Gasteiger partial charge in [0.15, 0.2) is 9.84 Å². The molecule has 1 aromatic carbocycles. The van der Waals surface area contributed by atoms with E-state index >= 15 is 0 Å². The molecule has 1 aliphatic heterocycles. The lowest BCUT2D eigenvalue weighted by atomic mass is 10.1. The molecular formula is C15H25NO3S2. The minimum atomic E-state index is -3.26. The van der Waals surface area contributed by atoms with Gasteiger partial charge in [0.2, 0.25) is 0 Å². The normalized spacial score (nSPS) is 21.7. The molecule has 1 unspecified atom stereocenters. The van der Waals surface area contributed by atoms with E-state index in [-0.39, 0.29) is 20.8 Å². The Morgan fingerprint density at radius 1 is 1.33 bits per heavy atom. The third-order valence-electron chi connectivity index (χ3n) is 3.15. The van der Waals surface area contributed by atoms with Gasteiger partial charge in [-0.05, 0) is 39.1 Å². The maximum Gasteiger partial charge on any atom is 0.175 e. The quantitative estimate of drug-likeness (QED) is 0.901. The van der Waals surface area contributed by atoms with Gasteiger partial charge in [-0.25, -0.2) is 8.42 Å². The van der Waals surface area contributed by atoms with Crippen LogP contribution in [0.1, 0.15) is 38.6 Å². The summed E-state index contributed by atoms with van der Waals surface area (Å²) in [5.74, 6) is 0.148. The largest absolute Gasteiger partial charge is 0.508 e. The van der Waals surface area contributed by atoms with Crippen LogP contribution in [0.25, 0.3) is 0 Å². The van der Waals surface area contributed by atoms with Gasteiger partial charge in [-0.3, -0.25) is 4.90 Å². The minimum Gasteiger partial charge on any atom is -0.508 e. The highest BCUT2D eigenvalue weighted by Gasteiger charge is 2.38. The number of benzene rings is 1. The van der Waals surface area contributed by atoms with Crippen molar-refractivity contribution in [3.05, 3.63) is 23.8 Å². The third-order valence-corrected chi connectivity index (χ3v) is 5.87. The van der Waals surface area contributed by atoms with Gasteiger partial charge in [-0.15, -0.1) is 11.8 Å². The molecule has 0 bridgehead atoms. The van der Waals surface area contributed by atoms with Gasteiger partial charge in [0.05, 0.1) is 10.3 Å². The Labute approximate surface area is 132 Å². The summed E-state index contributed by atoms with van der Waals surface area (Å²) in [5, 5.41) is 10.00. The SMILES string of the molecule is CC.CN1CC(C)(C)SC1c1cc(S(C)(=O)=O)ccc1O. The molecular weight excluding hydrogens is 306 g/mol. The average molecular weight is 332 g/mol. The fraction of sp³-hybridized carbons (Fsp3) is 0.600. The van der Waals surface area contributed by atoms with E-state index in [9.17, 15) is 13.5 Å². The van der Waals surface area contributed by atoms with Crippen LogP contribution in [0.3, 0.4) is 0 Å². The van der Waals surface area contributed by atoms with Gasteiger partial charge in [0.25, 0.3) is 0 Å². The van der Waals surface area contributed by atoms with E-state index in [1.807, 2.05) is 20.9 Å². The topological polar surface area (TPSA) is 57.6 Å². The van der Waals surface area contributed by atoms with Crippen molar-refractivity contribution in [2.75, 3.05) is 19.8 Å². The predicted molar refractivity (Wildman–Crippen MR) is 89.6 cm³/mol. The summed E-state index contributed by atoms with van der Waals surface area (Å²) in [7, 11) is -1.27. The molecule has 1 fully saturated rings. The first-order valence-corrected chi connectivity index (χ1v) is 9.78. The molecule has 21 heavy (non-hydrogen) atoms. The van der Waals surface area contributed by atoms with Crippen molar-refractivity contribution in [2.24, 2.45) is 0 Å². The number of hydrogen-bond acceptors (Lipinski definition) is 5. The molecule has 120 valence electrons. The number of nitrogens with zero attached hydrogens (tertiary/aromatic N) is 1. The Kier molecular flexibility index (Phi) is 5.75. The van der Waals surface area contributed by atoms with Crippen molar-refractivity contribution >= 4 is 21.6 Å². The van der Waals surface area contributed by atoms with E-state index in [4.69, 9.17) is 0 Å². The van der Waals surface area contributed by atoms with Crippen LogP contribution in [0.2, 0.25) is 0 Å². The van der Waals surface area contributed by atoms with E-state index in [2.05, 4.69) is 18.7 Å². The van der Waals surface area contributed by atoms with Crippen LogP contribution in [-0.4, -0.2) is 43.0 Å². The summed E-state index contributed by atoms with van der Waals surface area (Å²) in [6.45, 7) is 9.18. The molecule has 1 heterocycles. The van der Waals surface area contributed by atoms with E-state index < -0.39 is 9.84 Å². The summed E-state index contributed by atoms with van der Waals surface area (Å²) in [4.78, 5) is 2.38. The summed E-state index contributed by atoms with van der Waals surface area (Å²) in [5.41, 5.74) is 0.668. The molecule has 1 saturated heterocycles. The fourth-order valence-electron chi connectivity index (χ4n) is 2.37. The van der Waals surface area contributed by atoms with E-state index in [0.29, 0.717) is 5.56 Å². The number of thioether (sulfide) groups is 1. The Hall–Kier alpha value is -0.720. The van der Waals surface area contributed by atoms with Crippen LogP contribution < -0.4 is 0 Å². The zero-order valence-corrected chi connectivity index (χ0v) is 15.2. The first-order chi connectivity index (χ1) is 9.60. The lowest BCUT2D eigenvalue weighted by Crippen LogP contribution is -2.24. The summed E-state index contributed by atoms with van der Waals surface area (Å²) in [6.07, 6.45) is 1.18. The molecule has 0 saturated carbocycles. The van der Waals surface area contributed by atoms with Crippen LogP contribution in [0.5, 0.6) is 5.75 Å². The van der Waals surface area contributed by atoms with E-state index in [1.165, 1.54) is 18.4 Å². The molecule has 0 spiro atoms. The molecule has 1 aromatic rings. The molecule has 0 amide bonds. The fourth-order valence-corrected chi connectivity index (χ4v) is 4.48. The van der Waals surface area contributed by atoms with Gasteiger partial charge >= 0.3 is 0 Å². The molecule has 1 atom stereocenters. The van der Waals surface area contributed by atoms with Crippen LogP contribution in [0.15, 0.2) is 23.1 Å². The molecule has 2 rings (SSSR count). The molecule has 6 heteroatoms. The number of phenolic OH excluding ortho intramolecular Hbond substituents is 1. The summed E-state index contributed by atoms with van der Waals surface area (Å²) < 4.78 is 23.3. The standard InChI is InChI=1S/C13H19NO3S2.C2H6/c1-13(2)8-14(3)12(18-13)10-7-9(19(4,16)17)5-6-11(10)15;1-2/h5-7,12,15H,8H2,1-4H3;1-2H3. The Bertz CT molecular complexity index is 597.